The fraction of sp³-hybridized carbons (Fsp3) is 0.235. The molecule has 0 unspecified atom stereocenters. The fourth-order valence-electron chi connectivity index (χ4n) is 2.14. The lowest BCUT2D eigenvalue weighted by Crippen LogP contribution is -2.24. The zero-order valence-corrected chi connectivity index (χ0v) is 12.1. The summed E-state index contributed by atoms with van der Waals surface area (Å²) in [6.07, 6.45) is 2.74. The van der Waals surface area contributed by atoms with E-state index in [4.69, 9.17) is 0 Å². The second-order valence-electron chi connectivity index (χ2n) is 5.06. The Bertz CT molecular complexity index is 617. The van der Waals surface area contributed by atoms with E-state index in [0.29, 0.717) is 6.54 Å². The number of phenols is 3. The summed E-state index contributed by atoms with van der Waals surface area (Å²) in [5.41, 5.74) is 1.37. The molecule has 0 aliphatic heterocycles. The maximum absolute atomic E-state index is 11.9. The molecule has 22 heavy (non-hydrogen) atoms. The van der Waals surface area contributed by atoms with Crippen molar-refractivity contribution in [2.45, 2.75) is 19.3 Å². The monoisotopic (exact) mass is 301 g/mol. The number of rotatable bonds is 6. The molecule has 4 N–H and O–H groups in total. The molecule has 0 aliphatic rings. The SMILES string of the molecule is O=C(NCCCCc1ccccc1)c1cc(O)c(O)c(O)c1. The summed E-state index contributed by atoms with van der Waals surface area (Å²) in [6, 6.07) is 12.4. The number of carbonyl (C=O) groups excluding carboxylic acids is 1. The number of unbranched alkanes of at least 4 members (excludes halogenated alkanes) is 1. The Balaban J connectivity index is 1.76. The lowest BCUT2D eigenvalue weighted by Gasteiger charge is -2.07. The number of phenolic OH excluding ortho intramolecular Hbond substituents is 3. The molecule has 0 saturated carbocycles. The number of hydrogen-bond donors (Lipinski definition) is 4. The minimum absolute atomic E-state index is 0.107. The van der Waals surface area contributed by atoms with Crippen LogP contribution in [0.4, 0.5) is 0 Å². The van der Waals surface area contributed by atoms with Gasteiger partial charge in [0.15, 0.2) is 17.2 Å². The van der Waals surface area contributed by atoms with Gasteiger partial charge in [0, 0.05) is 12.1 Å². The molecule has 0 fully saturated rings. The van der Waals surface area contributed by atoms with E-state index >= 15 is 0 Å². The highest BCUT2D eigenvalue weighted by atomic mass is 16.3. The topological polar surface area (TPSA) is 89.8 Å². The van der Waals surface area contributed by atoms with Crippen LogP contribution in [0.3, 0.4) is 0 Å². The van der Waals surface area contributed by atoms with Crippen LogP contribution in [0.2, 0.25) is 0 Å². The van der Waals surface area contributed by atoms with Gasteiger partial charge in [-0.3, -0.25) is 4.79 Å². The summed E-state index contributed by atoms with van der Waals surface area (Å²) in [6.45, 7) is 0.508. The van der Waals surface area contributed by atoms with E-state index in [1.165, 1.54) is 5.56 Å². The van der Waals surface area contributed by atoms with Gasteiger partial charge in [0.25, 0.3) is 5.91 Å². The Morgan fingerprint density at radius 1 is 0.955 bits per heavy atom. The molecule has 2 rings (SSSR count). The van der Waals surface area contributed by atoms with E-state index in [0.717, 1.165) is 31.4 Å². The molecule has 116 valence electrons. The number of nitrogens with one attached hydrogen (secondary N) is 1. The molecule has 2 aromatic rings. The van der Waals surface area contributed by atoms with E-state index in [1.807, 2.05) is 18.2 Å². The summed E-state index contributed by atoms with van der Waals surface area (Å²) in [5, 5.41) is 30.7. The van der Waals surface area contributed by atoms with Crippen LogP contribution in [0.25, 0.3) is 0 Å². The maximum atomic E-state index is 11.9. The minimum Gasteiger partial charge on any atom is -0.504 e. The van der Waals surface area contributed by atoms with Crippen LogP contribution in [0.5, 0.6) is 17.2 Å². The van der Waals surface area contributed by atoms with Crippen LogP contribution >= 0.6 is 0 Å². The van der Waals surface area contributed by atoms with Gasteiger partial charge in [-0.1, -0.05) is 30.3 Å². The van der Waals surface area contributed by atoms with Crippen LogP contribution < -0.4 is 5.32 Å². The first-order valence-electron chi connectivity index (χ1n) is 7.15. The van der Waals surface area contributed by atoms with Gasteiger partial charge >= 0.3 is 0 Å². The van der Waals surface area contributed by atoms with Crippen molar-refractivity contribution in [1.82, 2.24) is 5.32 Å². The van der Waals surface area contributed by atoms with E-state index in [9.17, 15) is 20.1 Å². The van der Waals surface area contributed by atoms with Crippen molar-refractivity contribution in [3.63, 3.8) is 0 Å². The van der Waals surface area contributed by atoms with E-state index in [-0.39, 0.29) is 5.56 Å². The van der Waals surface area contributed by atoms with E-state index in [1.54, 1.807) is 0 Å². The molecule has 0 atom stereocenters. The molecule has 0 aromatic heterocycles. The van der Waals surface area contributed by atoms with Gasteiger partial charge < -0.3 is 20.6 Å². The maximum Gasteiger partial charge on any atom is 0.251 e. The van der Waals surface area contributed by atoms with Crippen LogP contribution in [0.1, 0.15) is 28.8 Å². The number of amides is 1. The third-order valence-corrected chi connectivity index (χ3v) is 3.35. The average Bonchev–Trinajstić information content (AvgIpc) is 2.52. The van der Waals surface area contributed by atoms with Crippen LogP contribution in [0.15, 0.2) is 42.5 Å². The molecule has 5 nitrogen and oxygen atoms in total. The highest BCUT2D eigenvalue weighted by Gasteiger charge is 2.12. The summed E-state index contributed by atoms with van der Waals surface area (Å²) in [4.78, 5) is 11.9. The largest absolute Gasteiger partial charge is 0.504 e. The minimum atomic E-state index is -0.626. The van der Waals surface area contributed by atoms with Crippen molar-refractivity contribution >= 4 is 5.91 Å². The summed E-state index contributed by atoms with van der Waals surface area (Å²) in [7, 11) is 0. The average molecular weight is 301 g/mol. The van der Waals surface area contributed by atoms with Gasteiger partial charge in [0.1, 0.15) is 0 Å². The Labute approximate surface area is 128 Å². The molecule has 0 heterocycles. The third kappa shape index (κ3) is 4.15. The Morgan fingerprint density at radius 2 is 1.59 bits per heavy atom. The van der Waals surface area contributed by atoms with E-state index < -0.39 is 23.2 Å². The molecule has 0 radical (unpaired) electrons. The standard InChI is InChI=1S/C17H19NO4/c19-14-10-13(11-15(20)16(14)21)17(22)18-9-5-4-8-12-6-2-1-3-7-12/h1-3,6-7,10-11,19-21H,4-5,8-9H2,(H,18,22). The first-order chi connectivity index (χ1) is 10.6. The number of hydrogen-bond acceptors (Lipinski definition) is 4. The van der Waals surface area contributed by atoms with Gasteiger partial charge in [-0.05, 0) is 37.0 Å². The Kier molecular flexibility index (Phi) is 5.25. The number of aromatic hydroxyl groups is 3. The highest BCUT2D eigenvalue weighted by molar-refractivity contribution is 5.95. The lowest BCUT2D eigenvalue weighted by atomic mass is 10.1. The second kappa shape index (κ2) is 7.36. The number of carbonyl (C=O) groups is 1. The van der Waals surface area contributed by atoms with Gasteiger partial charge in [0.05, 0.1) is 0 Å². The van der Waals surface area contributed by atoms with Crippen molar-refractivity contribution in [2.75, 3.05) is 6.54 Å². The Hall–Kier alpha value is -2.69. The summed E-state index contributed by atoms with van der Waals surface area (Å²) >= 11 is 0. The molecule has 5 heteroatoms. The second-order valence-corrected chi connectivity index (χ2v) is 5.06. The quantitative estimate of drug-likeness (QED) is 0.487. The van der Waals surface area contributed by atoms with Gasteiger partial charge in [-0.15, -0.1) is 0 Å². The first kappa shape index (κ1) is 15.7. The molecule has 0 bridgehead atoms. The number of benzene rings is 2. The predicted molar refractivity (Wildman–Crippen MR) is 83.1 cm³/mol. The van der Waals surface area contributed by atoms with Gasteiger partial charge in [0.2, 0.25) is 0 Å². The molecular formula is C17H19NO4. The van der Waals surface area contributed by atoms with Crippen molar-refractivity contribution in [3.05, 3.63) is 53.6 Å². The summed E-state index contributed by atoms with van der Waals surface area (Å²) in [5.74, 6) is -2.06. The fourth-order valence-corrected chi connectivity index (χ4v) is 2.14. The first-order valence-corrected chi connectivity index (χ1v) is 7.15. The normalized spacial score (nSPS) is 10.4. The van der Waals surface area contributed by atoms with Crippen LogP contribution in [0, 0.1) is 0 Å². The molecule has 2 aromatic carbocycles. The van der Waals surface area contributed by atoms with Gasteiger partial charge in [-0.2, -0.15) is 0 Å². The summed E-state index contributed by atoms with van der Waals surface area (Å²) < 4.78 is 0. The molecule has 1 amide bonds. The predicted octanol–water partition coefficient (Wildman–Crippen LogP) is 2.56. The van der Waals surface area contributed by atoms with Crippen molar-refractivity contribution in [2.24, 2.45) is 0 Å². The molecular weight excluding hydrogens is 282 g/mol. The smallest absolute Gasteiger partial charge is 0.251 e. The zero-order valence-electron chi connectivity index (χ0n) is 12.1. The van der Waals surface area contributed by atoms with Crippen molar-refractivity contribution in [3.8, 4) is 17.2 Å². The highest BCUT2D eigenvalue weighted by Crippen LogP contribution is 2.35. The molecule has 0 spiro atoms. The van der Waals surface area contributed by atoms with E-state index in [2.05, 4.69) is 17.4 Å². The van der Waals surface area contributed by atoms with Crippen molar-refractivity contribution in [1.29, 1.82) is 0 Å². The lowest BCUT2D eigenvalue weighted by molar-refractivity contribution is 0.0952. The Morgan fingerprint density at radius 3 is 2.23 bits per heavy atom. The van der Waals surface area contributed by atoms with Crippen LogP contribution in [-0.4, -0.2) is 27.8 Å². The van der Waals surface area contributed by atoms with Crippen molar-refractivity contribution < 1.29 is 20.1 Å². The van der Waals surface area contributed by atoms with Crippen LogP contribution in [-0.2, 0) is 6.42 Å². The third-order valence-electron chi connectivity index (χ3n) is 3.35. The molecule has 0 aliphatic carbocycles. The number of aryl methyl sites for hydroxylation is 1. The zero-order chi connectivity index (χ0) is 15.9. The molecule has 0 saturated heterocycles. The van der Waals surface area contributed by atoms with Gasteiger partial charge in [-0.25, -0.2) is 0 Å².